The molecule has 1 fully saturated rings. The van der Waals surface area contributed by atoms with Gasteiger partial charge in [0.15, 0.2) is 0 Å². The molecule has 4 rings (SSSR count). The summed E-state index contributed by atoms with van der Waals surface area (Å²) in [4.78, 5) is 2.49. The summed E-state index contributed by atoms with van der Waals surface area (Å²) < 4.78 is 5.29. The van der Waals surface area contributed by atoms with Crippen LogP contribution in [0.15, 0.2) is 66.2 Å². The zero-order chi connectivity index (χ0) is 20.2. The molecule has 1 aliphatic heterocycles. The van der Waals surface area contributed by atoms with Crippen molar-refractivity contribution >= 4 is 0 Å². The summed E-state index contributed by atoms with van der Waals surface area (Å²) in [7, 11) is 1.67. The molecule has 0 saturated carbocycles. The van der Waals surface area contributed by atoms with Crippen molar-refractivity contribution < 1.29 is 14.9 Å². The summed E-state index contributed by atoms with van der Waals surface area (Å²) in [5.41, 5.74) is 3.95. The number of rotatable bonds is 6. The van der Waals surface area contributed by atoms with Crippen LogP contribution in [0.25, 0.3) is 0 Å². The van der Waals surface area contributed by atoms with Crippen molar-refractivity contribution in [2.24, 2.45) is 17.8 Å². The van der Waals surface area contributed by atoms with E-state index in [1.807, 2.05) is 12.1 Å². The SMILES string of the molecule is COc1ccc(C2C=C3CCN(Cc4ccccc4)CC3C(CO)C2CO)cc1. The quantitative estimate of drug-likeness (QED) is 0.738. The molecule has 4 heteroatoms. The van der Waals surface area contributed by atoms with Gasteiger partial charge in [0.1, 0.15) is 5.75 Å². The fraction of sp³-hybridized carbons (Fsp3) is 0.440. The Morgan fingerprint density at radius 1 is 0.966 bits per heavy atom. The zero-order valence-electron chi connectivity index (χ0n) is 17.1. The summed E-state index contributed by atoms with van der Waals surface area (Å²) in [5, 5.41) is 20.5. The zero-order valence-corrected chi connectivity index (χ0v) is 17.1. The molecule has 0 spiro atoms. The first-order valence-electron chi connectivity index (χ1n) is 10.6. The predicted molar refractivity (Wildman–Crippen MR) is 115 cm³/mol. The van der Waals surface area contributed by atoms with Crippen LogP contribution in [0.4, 0.5) is 0 Å². The minimum atomic E-state index is 0.0267. The number of fused-ring (bicyclic) bond motifs is 1. The highest BCUT2D eigenvalue weighted by atomic mass is 16.5. The van der Waals surface area contributed by atoms with Crippen LogP contribution < -0.4 is 4.74 Å². The van der Waals surface area contributed by atoms with Crippen LogP contribution in [0.3, 0.4) is 0 Å². The highest BCUT2D eigenvalue weighted by Gasteiger charge is 2.42. The van der Waals surface area contributed by atoms with E-state index in [4.69, 9.17) is 4.74 Å². The lowest BCUT2D eigenvalue weighted by atomic mass is 9.64. The Balaban J connectivity index is 1.57. The molecule has 0 aromatic heterocycles. The molecule has 0 amide bonds. The van der Waals surface area contributed by atoms with Gasteiger partial charge < -0.3 is 14.9 Å². The Bertz CT molecular complexity index is 818. The fourth-order valence-electron chi connectivity index (χ4n) is 5.16. The molecule has 4 unspecified atom stereocenters. The van der Waals surface area contributed by atoms with Gasteiger partial charge in [0.2, 0.25) is 0 Å². The third kappa shape index (κ3) is 4.25. The second-order valence-corrected chi connectivity index (χ2v) is 8.31. The summed E-state index contributed by atoms with van der Waals surface area (Å²) in [6.07, 6.45) is 3.40. The highest BCUT2D eigenvalue weighted by Crippen LogP contribution is 2.46. The molecule has 1 heterocycles. The van der Waals surface area contributed by atoms with Gasteiger partial charge in [-0.15, -0.1) is 0 Å². The molecular formula is C25H31NO3. The number of allylic oxidation sites excluding steroid dienone is 1. The number of piperidine rings is 1. The second-order valence-electron chi connectivity index (χ2n) is 8.31. The van der Waals surface area contributed by atoms with E-state index < -0.39 is 0 Å². The Labute approximate surface area is 173 Å². The van der Waals surface area contributed by atoms with E-state index in [1.165, 1.54) is 16.7 Å². The third-order valence-electron chi connectivity index (χ3n) is 6.74. The van der Waals surface area contributed by atoms with Crippen LogP contribution in [0.5, 0.6) is 5.75 Å². The average molecular weight is 394 g/mol. The maximum Gasteiger partial charge on any atom is 0.118 e. The van der Waals surface area contributed by atoms with E-state index in [9.17, 15) is 10.2 Å². The molecule has 4 nitrogen and oxygen atoms in total. The number of likely N-dealkylation sites (tertiary alicyclic amines) is 1. The minimum Gasteiger partial charge on any atom is -0.497 e. The molecule has 1 aliphatic carbocycles. The second kappa shape index (κ2) is 9.12. The molecule has 4 atom stereocenters. The molecular weight excluding hydrogens is 362 g/mol. The molecule has 29 heavy (non-hydrogen) atoms. The van der Waals surface area contributed by atoms with Gasteiger partial charge in [-0.3, -0.25) is 4.90 Å². The number of nitrogens with zero attached hydrogens (tertiary/aromatic N) is 1. The van der Waals surface area contributed by atoms with Crippen LogP contribution >= 0.6 is 0 Å². The first kappa shape index (κ1) is 20.1. The number of benzene rings is 2. The van der Waals surface area contributed by atoms with Crippen LogP contribution in [0.1, 0.15) is 23.5 Å². The van der Waals surface area contributed by atoms with Crippen molar-refractivity contribution in [3.05, 3.63) is 77.4 Å². The van der Waals surface area contributed by atoms with Crippen molar-refractivity contribution in [1.82, 2.24) is 4.90 Å². The van der Waals surface area contributed by atoms with Gasteiger partial charge in [-0.05, 0) is 47.4 Å². The van der Waals surface area contributed by atoms with E-state index >= 15 is 0 Å². The summed E-state index contributed by atoms with van der Waals surface area (Å²) in [6.45, 7) is 3.11. The number of methoxy groups -OCH3 is 1. The fourth-order valence-corrected chi connectivity index (χ4v) is 5.16. The van der Waals surface area contributed by atoms with Crippen LogP contribution in [0, 0.1) is 17.8 Å². The van der Waals surface area contributed by atoms with E-state index in [0.717, 1.165) is 31.8 Å². The summed E-state index contributed by atoms with van der Waals surface area (Å²) in [6, 6.07) is 18.7. The molecule has 1 saturated heterocycles. The molecule has 154 valence electrons. The van der Waals surface area contributed by atoms with Gasteiger partial charge >= 0.3 is 0 Å². The molecule has 2 aromatic rings. The number of hydrogen-bond donors (Lipinski definition) is 2. The Morgan fingerprint density at radius 2 is 1.69 bits per heavy atom. The van der Waals surface area contributed by atoms with Crippen LogP contribution in [-0.2, 0) is 6.54 Å². The van der Waals surface area contributed by atoms with Crippen molar-refractivity contribution in [2.45, 2.75) is 18.9 Å². The van der Waals surface area contributed by atoms with Crippen LogP contribution in [0.2, 0.25) is 0 Å². The lowest BCUT2D eigenvalue weighted by molar-refractivity contribution is 0.0449. The third-order valence-corrected chi connectivity index (χ3v) is 6.74. The molecule has 2 aromatic carbocycles. The van der Waals surface area contributed by atoms with E-state index in [0.29, 0.717) is 5.92 Å². The van der Waals surface area contributed by atoms with E-state index in [2.05, 4.69) is 53.4 Å². The van der Waals surface area contributed by atoms with Gasteiger partial charge in [-0.25, -0.2) is 0 Å². The van der Waals surface area contributed by atoms with Crippen molar-refractivity contribution in [3.8, 4) is 5.75 Å². The molecule has 2 aliphatic rings. The number of ether oxygens (including phenoxy) is 1. The summed E-state index contributed by atoms with van der Waals surface area (Å²) in [5.74, 6) is 1.38. The van der Waals surface area contributed by atoms with E-state index in [1.54, 1.807) is 7.11 Å². The monoisotopic (exact) mass is 393 g/mol. The molecule has 0 radical (unpaired) electrons. The standard InChI is InChI=1S/C25H31NO3/c1-29-21-9-7-19(8-10-21)22-13-20-11-12-26(14-18-5-3-2-4-6-18)15-23(20)25(17-28)24(22)16-27/h2-10,13,22-25,27-28H,11-12,14-17H2,1H3. The van der Waals surface area contributed by atoms with Crippen molar-refractivity contribution in [3.63, 3.8) is 0 Å². The summed E-state index contributed by atoms with van der Waals surface area (Å²) >= 11 is 0. The number of hydrogen-bond acceptors (Lipinski definition) is 4. The number of aliphatic hydroxyl groups is 2. The first-order valence-corrected chi connectivity index (χ1v) is 10.6. The minimum absolute atomic E-state index is 0.0267. The highest BCUT2D eigenvalue weighted by molar-refractivity contribution is 5.35. The average Bonchev–Trinajstić information content (AvgIpc) is 2.78. The van der Waals surface area contributed by atoms with Gasteiger partial charge in [0.05, 0.1) is 7.11 Å². The maximum atomic E-state index is 10.3. The van der Waals surface area contributed by atoms with E-state index in [-0.39, 0.29) is 31.0 Å². The largest absolute Gasteiger partial charge is 0.497 e. The normalized spacial score (nSPS) is 27.2. The lowest BCUT2D eigenvalue weighted by Crippen LogP contribution is -2.46. The lowest BCUT2D eigenvalue weighted by Gasteiger charge is -2.46. The van der Waals surface area contributed by atoms with Gasteiger partial charge in [0.25, 0.3) is 0 Å². The Hall–Kier alpha value is -2.14. The molecule has 2 N–H and O–H groups in total. The topological polar surface area (TPSA) is 52.9 Å². The Kier molecular flexibility index (Phi) is 6.34. The van der Waals surface area contributed by atoms with Gasteiger partial charge in [0, 0.05) is 38.8 Å². The number of aliphatic hydroxyl groups excluding tert-OH is 2. The predicted octanol–water partition coefficient (Wildman–Crippen LogP) is 3.46. The van der Waals surface area contributed by atoms with Crippen LogP contribution in [-0.4, -0.2) is 48.5 Å². The smallest absolute Gasteiger partial charge is 0.118 e. The van der Waals surface area contributed by atoms with Crippen molar-refractivity contribution in [1.29, 1.82) is 0 Å². The Morgan fingerprint density at radius 3 is 2.34 bits per heavy atom. The van der Waals surface area contributed by atoms with Gasteiger partial charge in [-0.1, -0.05) is 54.1 Å². The maximum absolute atomic E-state index is 10.3. The molecule has 0 bridgehead atoms. The van der Waals surface area contributed by atoms with Gasteiger partial charge in [-0.2, -0.15) is 0 Å². The first-order chi connectivity index (χ1) is 14.2. The van der Waals surface area contributed by atoms with Crippen molar-refractivity contribution in [2.75, 3.05) is 33.4 Å².